The van der Waals surface area contributed by atoms with Crippen LogP contribution < -0.4 is 0 Å². The normalized spacial score (nSPS) is 35.5. The maximum Gasteiger partial charge on any atom is 0.341 e. The first kappa shape index (κ1) is 32.7. The number of carbonyl (C=O) groups is 4. The van der Waals surface area contributed by atoms with Crippen molar-refractivity contribution in [1.29, 1.82) is 0 Å². The monoisotopic (exact) mass is 632 g/mol. The lowest BCUT2D eigenvalue weighted by molar-refractivity contribution is -0.354. The second kappa shape index (κ2) is 11.6. The van der Waals surface area contributed by atoms with Gasteiger partial charge in [0.05, 0.1) is 46.9 Å². The zero-order valence-corrected chi connectivity index (χ0v) is 26.1. The highest BCUT2D eigenvalue weighted by molar-refractivity contribution is 5.89. The summed E-state index contributed by atoms with van der Waals surface area (Å²) in [4.78, 5) is 52.8. The number of carbonyl (C=O) groups excluding carboxylic acids is 4. The van der Waals surface area contributed by atoms with Gasteiger partial charge in [0.2, 0.25) is 0 Å². The fraction of sp³-hybridized carbons (Fsp3) is 0.625. The zero-order valence-electron chi connectivity index (χ0n) is 26.1. The minimum absolute atomic E-state index is 0.0450. The number of hydrogen-bond donors (Lipinski definition) is 2. The van der Waals surface area contributed by atoms with E-state index in [0.717, 1.165) is 6.92 Å². The van der Waals surface area contributed by atoms with Crippen molar-refractivity contribution in [2.24, 2.45) is 17.3 Å². The molecule has 13 nitrogen and oxygen atoms in total. The molecule has 2 aromatic rings. The van der Waals surface area contributed by atoms with Gasteiger partial charge >= 0.3 is 23.9 Å². The van der Waals surface area contributed by atoms with E-state index in [2.05, 4.69) is 0 Å². The van der Waals surface area contributed by atoms with Crippen molar-refractivity contribution >= 4 is 23.9 Å². The number of furan rings is 2. The Morgan fingerprint density at radius 2 is 1.60 bits per heavy atom. The molecule has 1 unspecified atom stereocenters. The van der Waals surface area contributed by atoms with Gasteiger partial charge < -0.3 is 42.7 Å². The molecule has 3 fully saturated rings. The molecule has 2 bridgehead atoms. The maximum absolute atomic E-state index is 13.6. The number of esters is 4. The van der Waals surface area contributed by atoms with Gasteiger partial charge in [0.1, 0.15) is 42.4 Å². The van der Waals surface area contributed by atoms with Crippen molar-refractivity contribution in [2.75, 3.05) is 6.61 Å². The van der Waals surface area contributed by atoms with Crippen LogP contribution in [0.1, 0.15) is 81.5 Å². The summed E-state index contributed by atoms with van der Waals surface area (Å²) in [7, 11) is 0. The van der Waals surface area contributed by atoms with Crippen LogP contribution in [-0.2, 0) is 33.3 Å². The van der Waals surface area contributed by atoms with Gasteiger partial charge in [-0.2, -0.15) is 0 Å². The summed E-state index contributed by atoms with van der Waals surface area (Å²) >= 11 is 0. The average Bonchev–Trinajstić information content (AvgIpc) is 3.72. The van der Waals surface area contributed by atoms with Crippen LogP contribution in [0.4, 0.5) is 0 Å². The molecule has 2 aromatic heterocycles. The van der Waals surface area contributed by atoms with Crippen molar-refractivity contribution in [3.05, 3.63) is 48.3 Å². The summed E-state index contributed by atoms with van der Waals surface area (Å²) in [6, 6.07) is 2.78. The first-order chi connectivity index (χ1) is 21.1. The van der Waals surface area contributed by atoms with Crippen LogP contribution in [0.3, 0.4) is 0 Å². The molecule has 0 amide bonds. The molecular weight excluding hydrogens is 592 g/mol. The number of aliphatic hydroxyl groups is 2. The molecule has 3 heterocycles. The standard InChI is InChI=1S/C32H40O13/c1-7-17(2)26(35)44-25-22(42-27(36)19-8-10-39-14-19)13-30(6,38)32-24(34)21(29(4,5)45-32)12-23(31(25,32)16-41-18(3)33)43-28(37)20-9-11-40-15-20/h8-11,14-15,17,21-25,34,38H,7,12-13,16H2,1-6H3/t17?,21-,22+,23+,24-,25+,30+,31-,32+/m1/s1. The van der Waals surface area contributed by atoms with E-state index in [-0.39, 0.29) is 24.0 Å². The van der Waals surface area contributed by atoms with Crippen LogP contribution in [0, 0.1) is 17.3 Å². The summed E-state index contributed by atoms with van der Waals surface area (Å²) < 4.78 is 40.7. The maximum atomic E-state index is 13.6. The molecule has 9 atom stereocenters. The van der Waals surface area contributed by atoms with E-state index in [0.29, 0.717) is 6.42 Å². The molecule has 2 saturated carbocycles. The van der Waals surface area contributed by atoms with Crippen molar-refractivity contribution in [3.8, 4) is 0 Å². The molecular formula is C32H40O13. The third kappa shape index (κ3) is 5.14. The lowest BCUT2D eigenvalue weighted by atomic mass is 9.46. The molecule has 1 aliphatic heterocycles. The van der Waals surface area contributed by atoms with E-state index in [9.17, 15) is 29.4 Å². The number of aliphatic hydroxyl groups excluding tert-OH is 1. The van der Waals surface area contributed by atoms with Crippen LogP contribution in [0.25, 0.3) is 0 Å². The van der Waals surface area contributed by atoms with Crippen LogP contribution in [-0.4, -0.2) is 81.9 Å². The van der Waals surface area contributed by atoms with Crippen molar-refractivity contribution in [2.45, 2.75) is 102 Å². The van der Waals surface area contributed by atoms with Crippen LogP contribution in [0.2, 0.25) is 0 Å². The third-order valence-electron chi connectivity index (χ3n) is 9.89. The Balaban J connectivity index is 1.75. The van der Waals surface area contributed by atoms with Crippen LogP contribution in [0.5, 0.6) is 0 Å². The van der Waals surface area contributed by atoms with Crippen molar-refractivity contribution in [1.82, 2.24) is 0 Å². The third-order valence-corrected chi connectivity index (χ3v) is 9.89. The van der Waals surface area contributed by atoms with E-state index >= 15 is 0 Å². The largest absolute Gasteiger partial charge is 0.472 e. The lowest BCUT2D eigenvalue weighted by Gasteiger charge is -2.65. The van der Waals surface area contributed by atoms with Crippen molar-refractivity contribution in [3.63, 3.8) is 0 Å². The fourth-order valence-corrected chi connectivity index (χ4v) is 7.50. The highest BCUT2D eigenvalue weighted by Crippen LogP contribution is 2.68. The number of rotatable bonds is 9. The second-order valence-electron chi connectivity index (χ2n) is 13.1. The van der Waals surface area contributed by atoms with Gasteiger partial charge in [0, 0.05) is 19.3 Å². The highest BCUT2D eigenvalue weighted by atomic mass is 16.6. The zero-order chi connectivity index (χ0) is 32.9. The molecule has 0 radical (unpaired) electrons. The molecule has 1 spiro atoms. The molecule has 0 aromatic carbocycles. The van der Waals surface area contributed by atoms with Gasteiger partial charge in [0.15, 0.2) is 6.10 Å². The first-order valence-corrected chi connectivity index (χ1v) is 15.0. The number of ether oxygens (including phenoxy) is 5. The van der Waals surface area contributed by atoms with Crippen LogP contribution >= 0.6 is 0 Å². The SMILES string of the molecule is CCC(C)C(=O)O[C@H]1[C@@H](OC(=O)c2ccoc2)C[C@](C)(O)[C@]23OC(C)(C)[C@H](C[C@H](OC(=O)c4ccoc4)[C@]12COC(C)=O)[C@H]3O. The number of hydrogen-bond acceptors (Lipinski definition) is 13. The molecule has 1 saturated heterocycles. The van der Waals surface area contributed by atoms with E-state index in [1.54, 1.807) is 27.7 Å². The molecule has 13 heteroatoms. The predicted molar refractivity (Wildman–Crippen MR) is 151 cm³/mol. The summed E-state index contributed by atoms with van der Waals surface area (Å²) in [6.45, 7) is 8.83. The minimum Gasteiger partial charge on any atom is -0.472 e. The second-order valence-corrected chi connectivity index (χ2v) is 13.1. The average molecular weight is 633 g/mol. The summed E-state index contributed by atoms with van der Waals surface area (Å²) in [5.41, 5.74) is -7.05. The fourth-order valence-electron chi connectivity index (χ4n) is 7.50. The van der Waals surface area contributed by atoms with E-state index in [1.807, 2.05) is 0 Å². The van der Waals surface area contributed by atoms with Gasteiger partial charge in [-0.25, -0.2) is 9.59 Å². The molecule has 2 N–H and O–H groups in total. The van der Waals surface area contributed by atoms with Gasteiger partial charge in [0.25, 0.3) is 0 Å². The Hall–Kier alpha value is -3.68. The summed E-state index contributed by atoms with van der Waals surface area (Å²) in [6.07, 6.45) is -0.715. The quantitative estimate of drug-likeness (QED) is 0.304. The predicted octanol–water partition coefficient (Wildman–Crippen LogP) is 3.21. The Bertz CT molecular complexity index is 1410. The summed E-state index contributed by atoms with van der Waals surface area (Å²) in [5, 5.41) is 24.5. The molecule has 246 valence electrons. The number of fused-ring (bicyclic) bond motifs is 1. The van der Waals surface area contributed by atoms with E-state index in [1.165, 1.54) is 44.1 Å². The highest BCUT2D eigenvalue weighted by Gasteiger charge is 2.85. The smallest absolute Gasteiger partial charge is 0.341 e. The van der Waals surface area contributed by atoms with Gasteiger partial charge in [-0.15, -0.1) is 0 Å². The van der Waals surface area contributed by atoms with Gasteiger partial charge in [-0.3, -0.25) is 9.59 Å². The Kier molecular flexibility index (Phi) is 8.43. The van der Waals surface area contributed by atoms with Gasteiger partial charge in [-0.1, -0.05) is 13.8 Å². The Morgan fingerprint density at radius 3 is 2.13 bits per heavy atom. The van der Waals surface area contributed by atoms with Gasteiger partial charge in [-0.05, 0) is 45.7 Å². The van der Waals surface area contributed by atoms with E-state index in [4.69, 9.17) is 32.5 Å². The summed E-state index contributed by atoms with van der Waals surface area (Å²) in [5.74, 6) is -4.39. The lowest BCUT2D eigenvalue weighted by Crippen LogP contribution is -2.83. The van der Waals surface area contributed by atoms with Crippen LogP contribution in [0.15, 0.2) is 46.0 Å². The van der Waals surface area contributed by atoms with Crippen molar-refractivity contribution < 1.29 is 61.9 Å². The minimum atomic E-state index is -2.05. The topological polar surface area (TPSA) is 181 Å². The molecule has 2 aliphatic carbocycles. The van der Waals surface area contributed by atoms with E-state index < -0.39 is 89.0 Å². The molecule has 5 rings (SSSR count). The Labute approximate surface area is 260 Å². The molecule has 3 aliphatic rings. The molecule has 45 heavy (non-hydrogen) atoms. The Morgan fingerprint density at radius 1 is 1.00 bits per heavy atom. The first-order valence-electron chi connectivity index (χ1n) is 15.0.